The number of carbonyl (C=O) groups excluding carboxylic acids is 2. The summed E-state index contributed by atoms with van der Waals surface area (Å²) < 4.78 is 13.3. The molecule has 4 rings (SSSR count). The second kappa shape index (κ2) is 9.61. The minimum Gasteiger partial charge on any atom is -0.353 e. The van der Waals surface area contributed by atoms with Gasteiger partial charge in [0, 0.05) is 25.1 Å². The van der Waals surface area contributed by atoms with Crippen LogP contribution in [0.3, 0.4) is 0 Å². The van der Waals surface area contributed by atoms with Gasteiger partial charge in [-0.3, -0.25) is 0 Å². The normalized spacial score (nSPS) is 23.5. The summed E-state index contributed by atoms with van der Waals surface area (Å²) >= 11 is 9.46. The molecule has 1 aromatic heterocycles. The number of amides is 3. The van der Waals surface area contributed by atoms with Gasteiger partial charge in [0.15, 0.2) is 22.5 Å². The Balaban J connectivity index is 1.53. The Hall–Kier alpha value is -1.78. The van der Waals surface area contributed by atoms with Crippen LogP contribution in [0.2, 0.25) is 5.02 Å². The third-order valence-corrected chi connectivity index (χ3v) is 6.88. The maximum atomic E-state index is 13.6. The lowest BCUT2D eigenvalue weighted by molar-refractivity contribution is -0.745. The van der Waals surface area contributed by atoms with Crippen LogP contribution in [0.25, 0.3) is 0 Å². The van der Waals surface area contributed by atoms with Crippen LogP contribution in [0.15, 0.2) is 29.0 Å². The van der Waals surface area contributed by atoms with Gasteiger partial charge in [0.05, 0.1) is 26.7 Å². The Morgan fingerprint density at radius 1 is 1.28 bits per heavy atom. The zero-order chi connectivity index (χ0) is 22.9. The molecule has 2 aliphatic heterocycles. The molecule has 1 saturated heterocycles. The van der Waals surface area contributed by atoms with Crippen molar-refractivity contribution in [1.29, 1.82) is 0 Å². The predicted molar refractivity (Wildman–Crippen MR) is 124 cm³/mol. The van der Waals surface area contributed by atoms with E-state index in [4.69, 9.17) is 21.1 Å². The molecule has 32 heavy (non-hydrogen) atoms. The second-order valence-electron chi connectivity index (χ2n) is 8.35. The van der Waals surface area contributed by atoms with Gasteiger partial charge in [0.25, 0.3) is 0 Å². The molecule has 0 bridgehead atoms. The first-order valence-corrected chi connectivity index (χ1v) is 11.9. The van der Waals surface area contributed by atoms with E-state index >= 15 is 0 Å². The quantitative estimate of drug-likeness (QED) is 0.394. The zero-order valence-electron chi connectivity index (χ0n) is 18.2. The molecule has 3 heterocycles. The highest BCUT2D eigenvalue weighted by molar-refractivity contribution is 9.10. The van der Waals surface area contributed by atoms with Gasteiger partial charge in [-0.25, -0.2) is 19.5 Å². The fraction of sp³-hybridized carbons (Fsp3) is 0.500. The molecule has 0 N–H and O–H groups in total. The van der Waals surface area contributed by atoms with Gasteiger partial charge in [-0.05, 0) is 52.9 Å². The maximum Gasteiger partial charge on any atom is 0.432 e. The van der Waals surface area contributed by atoms with Crippen molar-refractivity contribution in [3.05, 3.63) is 45.3 Å². The smallest absolute Gasteiger partial charge is 0.353 e. The number of benzene rings is 1. The molecule has 2 aliphatic rings. The fourth-order valence-electron chi connectivity index (χ4n) is 4.15. The number of hydrogen-bond donors (Lipinski definition) is 0. The lowest BCUT2D eigenvalue weighted by atomic mass is 10.2. The van der Waals surface area contributed by atoms with Crippen molar-refractivity contribution in [2.75, 3.05) is 38.8 Å². The van der Waals surface area contributed by atoms with Gasteiger partial charge in [0.2, 0.25) is 0 Å². The topological polar surface area (TPSA) is 73.7 Å². The highest BCUT2D eigenvalue weighted by atomic mass is 79.9. The van der Waals surface area contributed by atoms with Gasteiger partial charge in [-0.2, -0.15) is 4.48 Å². The molecule has 172 valence electrons. The standard InChI is InChI=1S/C22H27BrClN4O4/c1-26-19-18(27(21(23)25-19)14-15-7-9-16(24)10-8-15)20(29)28(2,22(26)30)11-5-13-32-17-6-3-4-12-31-17/h7-10,17H,3-6,11-14H2,1-2H3/q+1. The van der Waals surface area contributed by atoms with Crippen molar-refractivity contribution < 1.29 is 23.5 Å². The molecule has 2 aromatic rings. The molecule has 8 nitrogen and oxygen atoms in total. The van der Waals surface area contributed by atoms with Crippen LogP contribution >= 0.6 is 27.5 Å². The van der Waals surface area contributed by atoms with Crippen LogP contribution < -0.4 is 4.90 Å². The Bertz CT molecular complexity index is 1010. The lowest BCUT2D eigenvalue weighted by Gasteiger charge is -2.35. The number of aromatic nitrogens is 2. The number of imidazole rings is 1. The minimum absolute atomic E-state index is 0.187. The number of halogens is 2. The third kappa shape index (κ3) is 4.49. The number of anilines is 1. The van der Waals surface area contributed by atoms with Crippen LogP contribution in [-0.2, 0) is 16.0 Å². The fourth-order valence-corrected chi connectivity index (χ4v) is 4.75. The first-order chi connectivity index (χ1) is 15.3. The van der Waals surface area contributed by atoms with Gasteiger partial charge in [-0.15, -0.1) is 0 Å². The summed E-state index contributed by atoms with van der Waals surface area (Å²) in [5, 5.41) is 0.645. The van der Waals surface area contributed by atoms with Crippen molar-refractivity contribution in [2.24, 2.45) is 0 Å². The molecule has 10 heteroatoms. The van der Waals surface area contributed by atoms with Crippen LogP contribution in [0.5, 0.6) is 0 Å². The number of hydrogen-bond acceptors (Lipinski definition) is 5. The Labute approximate surface area is 200 Å². The largest absolute Gasteiger partial charge is 0.432 e. The van der Waals surface area contributed by atoms with Crippen molar-refractivity contribution in [3.63, 3.8) is 0 Å². The third-order valence-electron chi connectivity index (χ3n) is 6.03. The minimum atomic E-state index is -0.364. The Morgan fingerprint density at radius 2 is 2.03 bits per heavy atom. The highest BCUT2D eigenvalue weighted by Gasteiger charge is 2.52. The summed E-state index contributed by atoms with van der Waals surface area (Å²) in [5.41, 5.74) is 1.38. The average Bonchev–Trinajstić information content (AvgIpc) is 3.12. The molecule has 0 aliphatic carbocycles. The molecule has 1 aromatic carbocycles. The number of imide groups is 1. The second-order valence-corrected chi connectivity index (χ2v) is 9.49. The molecule has 0 saturated carbocycles. The summed E-state index contributed by atoms with van der Waals surface area (Å²) in [6.07, 6.45) is 3.41. The van der Waals surface area contributed by atoms with Gasteiger partial charge in [-0.1, -0.05) is 23.7 Å². The zero-order valence-corrected chi connectivity index (χ0v) is 20.6. The van der Waals surface area contributed by atoms with E-state index in [9.17, 15) is 9.59 Å². The number of fused-ring (bicyclic) bond motifs is 1. The van der Waals surface area contributed by atoms with E-state index < -0.39 is 0 Å². The van der Waals surface area contributed by atoms with E-state index in [1.165, 1.54) is 4.90 Å². The average molecular weight is 527 g/mol. The number of ether oxygens (including phenoxy) is 2. The van der Waals surface area contributed by atoms with Crippen LogP contribution in [-0.4, -0.2) is 66.1 Å². The van der Waals surface area contributed by atoms with Gasteiger partial charge >= 0.3 is 11.9 Å². The molecular formula is C22H27BrClN4O4+. The summed E-state index contributed by atoms with van der Waals surface area (Å²) in [6, 6.07) is 7.12. The van der Waals surface area contributed by atoms with E-state index in [0.717, 1.165) is 31.4 Å². The summed E-state index contributed by atoms with van der Waals surface area (Å²) in [5.74, 6) is 0.0903. The van der Waals surface area contributed by atoms with Crippen LogP contribution in [0, 0.1) is 0 Å². The first-order valence-electron chi connectivity index (χ1n) is 10.7. The number of urea groups is 1. The Kier molecular flexibility index (Phi) is 7.02. The van der Waals surface area contributed by atoms with Crippen molar-refractivity contribution >= 4 is 45.3 Å². The van der Waals surface area contributed by atoms with Crippen LogP contribution in [0.1, 0.15) is 41.7 Å². The van der Waals surface area contributed by atoms with Crippen molar-refractivity contribution in [1.82, 2.24) is 9.55 Å². The summed E-state index contributed by atoms with van der Waals surface area (Å²) in [4.78, 5) is 32.7. The van der Waals surface area contributed by atoms with E-state index in [-0.39, 0.29) is 22.7 Å². The first kappa shape index (κ1) is 23.4. The molecule has 0 spiro atoms. The molecule has 0 radical (unpaired) electrons. The van der Waals surface area contributed by atoms with E-state index in [2.05, 4.69) is 20.9 Å². The number of rotatable bonds is 7. The van der Waals surface area contributed by atoms with E-state index in [1.807, 2.05) is 24.3 Å². The van der Waals surface area contributed by atoms with Crippen molar-refractivity contribution in [2.45, 2.75) is 38.5 Å². The monoisotopic (exact) mass is 525 g/mol. The van der Waals surface area contributed by atoms with E-state index in [1.54, 1.807) is 18.7 Å². The molecule has 2 atom stereocenters. The summed E-state index contributed by atoms with van der Waals surface area (Å²) in [6.45, 7) is 1.91. The maximum absolute atomic E-state index is 13.6. The van der Waals surface area contributed by atoms with Gasteiger partial charge in [0.1, 0.15) is 0 Å². The SMILES string of the molecule is CN1C(=O)[N+](C)(CCCOC2CCCCO2)C(=O)c2c1nc(Br)n2Cc1ccc(Cl)cc1. The Morgan fingerprint density at radius 3 is 2.72 bits per heavy atom. The molecular weight excluding hydrogens is 500 g/mol. The highest BCUT2D eigenvalue weighted by Crippen LogP contribution is 2.34. The van der Waals surface area contributed by atoms with Crippen LogP contribution in [0.4, 0.5) is 10.6 Å². The van der Waals surface area contributed by atoms with Gasteiger partial charge < -0.3 is 14.0 Å². The summed E-state index contributed by atoms with van der Waals surface area (Å²) in [7, 11) is 3.32. The molecule has 2 unspecified atom stereocenters. The lowest BCUT2D eigenvalue weighted by Crippen LogP contribution is -2.62. The van der Waals surface area contributed by atoms with E-state index in [0.29, 0.717) is 47.4 Å². The molecule has 1 fully saturated rings. The number of nitrogens with zero attached hydrogens (tertiary/aromatic N) is 4. The molecule has 3 amide bonds. The van der Waals surface area contributed by atoms with Crippen molar-refractivity contribution in [3.8, 4) is 0 Å². The number of carbonyl (C=O) groups is 2. The number of quaternary nitrogens is 1. The predicted octanol–water partition coefficient (Wildman–Crippen LogP) is 4.44.